The van der Waals surface area contributed by atoms with Gasteiger partial charge in [0, 0.05) is 6.26 Å². The van der Waals surface area contributed by atoms with Gasteiger partial charge in [0.2, 0.25) is 0 Å². The standard InChI is InChI=1S/C2H4O2S/c1-5(2,3)4/h1H,2H3. The van der Waals surface area contributed by atoms with E-state index in [0.29, 0.717) is 0 Å². The highest BCUT2D eigenvalue weighted by molar-refractivity contribution is 7.91. The molecule has 0 saturated carbocycles. The topological polar surface area (TPSA) is 34.1 Å². The van der Waals surface area contributed by atoms with Crippen LogP contribution in [0.15, 0.2) is 0 Å². The van der Waals surface area contributed by atoms with Crippen LogP contribution in [0.5, 0.6) is 0 Å². The van der Waals surface area contributed by atoms with Crippen LogP contribution in [-0.4, -0.2) is 14.7 Å². The first kappa shape index (κ1) is 4.95. The van der Waals surface area contributed by atoms with Gasteiger partial charge >= 0.3 is 0 Å². The molecule has 0 aromatic carbocycles. The Balaban J connectivity index is 4.06. The minimum Gasteiger partial charge on any atom is -0.229 e. The second-order valence-electron chi connectivity index (χ2n) is 0.830. The molecule has 3 heteroatoms. The Morgan fingerprint density at radius 1 is 1.60 bits per heavy atom. The van der Waals surface area contributed by atoms with Crippen molar-refractivity contribution < 1.29 is 8.42 Å². The quantitative estimate of drug-likeness (QED) is 0.411. The first-order valence-electron chi connectivity index (χ1n) is 0.977. The van der Waals surface area contributed by atoms with Gasteiger partial charge in [0.1, 0.15) is 0 Å². The zero-order valence-corrected chi connectivity index (χ0v) is 3.62. The van der Waals surface area contributed by atoms with Crippen LogP contribution in [0.2, 0.25) is 0 Å². The largest absolute Gasteiger partial charge is 0.229 e. The third-order valence-corrected chi connectivity index (χ3v) is 0. The lowest BCUT2D eigenvalue weighted by Gasteiger charge is -1.68. The van der Waals surface area contributed by atoms with E-state index in [9.17, 15) is 8.42 Å². The van der Waals surface area contributed by atoms with Crippen molar-refractivity contribution in [3.05, 3.63) is 6.26 Å². The molecule has 0 rings (SSSR count). The third-order valence-electron chi connectivity index (χ3n) is 0. The summed E-state index contributed by atoms with van der Waals surface area (Å²) in [6.45, 7) is 0. The van der Waals surface area contributed by atoms with E-state index in [1.54, 1.807) is 0 Å². The van der Waals surface area contributed by atoms with Crippen molar-refractivity contribution in [1.29, 1.82) is 0 Å². The number of sulfone groups is 1. The molecule has 0 atom stereocenters. The Morgan fingerprint density at radius 2 is 1.60 bits per heavy atom. The Labute approximate surface area is 31.7 Å². The average molecular weight is 92.1 g/mol. The molecule has 0 spiro atoms. The van der Waals surface area contributed by atoms with Crippen LogP contribution in [0.25, 0.3) is 0 Å². The summed E-state index contributed by atoms with van der Waals surface area (Å²) in [5, 5.41) is 0. The molecule has 0 bridgehead atoms. The van der Waals surface area contributed by atoms with Gasteiger partial charge in [-0.15, -0.1) is 0 Å². The van der Waals surface area contributed by atoms with Crippen LogP contribution in [0, 0.1) is 6.26 Å². The Hall–Kier alpha value is -0.0500. The van der Waals surface area contributed by atoms with Gasteiger partial charge in [0.25, 0.3) is 0 Å². The molecule has 0 amide bonds. The molecule has 0 aliphatic rings. The highest BCUT2D eigenvalue weighted by Gasteiger charge is 1.80. The lowest BCUT2D eigenvalue weighted by Crippen LogP contribution is -1.82. The Morgan fingerprint density at radius 3 is 1.60 bits per heavy atom. The van der Waals surface area contributed by atoms with Crippen LogP contribution >= 0.6 is 0 Å². The minimum absolute atomic E-state index is 0.938. The lowest BCUT2D eigenvalue weighted by atomic mass is 11.9. The predicted molar refractivity (Wildman–Crippen MR) is 19.1 cm³/mol. The van der Waals surface area contributed by atoms with Crippen molar-refractivity contribution >= 4 is 9.84 Å². The molecule has 30 valence electrons. The third kappa shape index (κ3) is 6010. The van der Waals surface area contributed by atoms with E-state index in [-0.39, 0.29) is 0 Å². The van der Waals surface area contributed by atoms with E-state index in [4.69, 9.17) is 0 Å². The van der Waals surface area contributed by atoms with Crippen molar-refractivity contribution in [3.63, 3.8) is 0 Å². The fraction of sp³-hybridized carbons (Fsp3) is 0.500. The van der Waals surface area contributed by atoms with Gasteiger partial charge in [-0.05, 0) is 0 Å². The monoisotopic (exact) mass is 92.0 g/mol. The van der Waals surface area contributed by atoms with Crippen molar-refractivity contribution in [1.82, 2.24) is 0 Å². The SMILES string of the molecule is [CH]S(C)(=O)=O. The number of rotatable bonds is 0. The van der Waals surface area contributed by atoms with E-state index in [2.05, 4.69) is 6.26 Å². The van der Waals surface area contributed by atoms with Gasteiger partial charge in [0.15, 0.2) is 9.84 Å². The van der Waals surface area contributed by atoms with Gasteiger partial charge in [0.05, 0.1) is 6.26 Å². The van der Waals surface area contributed by atoms with Crippen molar-refractivity contribution in [2.75, 3.05) is 6.26 Å². The second kappa shape index (κ2) is 0.971. The molecule has 0 fully saturated rings. The first-order chi connectivity index (χ1) is 2.00. The summed E-state index contributed by atoms with van der Waals surface area (Å²) in [7, 11) is -3.17. The van der Waals surface area contributed by atoms with Crippen LogP contribution in [0.4, 0.5) is 0 Å². The molecule has 2 nitrogen and oxygen atoms in total. The molecule has 0 aromatic rings. The maximum atomic E-state index is 9.41. The maximum absolute atomic E-state index is 9.41. The first-order valence-corrected chi connectivity index (χ1v) is 2.93. The molecular weight excluding hydrogens is 88.1 g/mol. The van der Waals surface area contributed by atoms with Gasteiger partial charge in [-0.25, -0.2) is 8.42 Å². The smallest absolute Gasteiger partial charge is 0.152 e. The molecule has 2 radical (unpaired) electrons. The van der Waals surface area contributed by atoms with Gasteiger partial charge in [-0.2, -0.15) is 0 Å². The number of hydrogen-bond acceptors (Lipinski definition) is 2. The summed E-state index contributed by atoms with van der Waals surface area (Å²) < 4.78 is 18.8. The molecule has 0 saturated heterocycles. The van der Waals surface area contributed by atoms with Crippen molar-refractivity contribution in [2.24, 2.45) is 0 Å². The summed E-state index contributed by atoms with van der Waals surface area (Å²) >= 11 is 0. The van der Waals surface area contributed by atoms with Crippen LogP contribution < -0.4 is 0 Å². The minimum atomic E-state index is -3.17. The molecule has 0 N–H and O–H groups in total. The van der Waals surface area contributed by atoms with E-state index >= 15 is 0 Å². The summed E-state index contributed by atoms with van der Waals surface area (Å²) in [5.74, 6) is 0. The van der Waals surface area contributed by atoms with E-state index < -0.39 is 9.84 Å². The molecule has 0 aromatic heterocycles. The second-order valence-corrected chi connectivity index (χ2v) is 2.49. The van der Waals surface area contributed by atoms with Gasteiger partial charge < -0.3 is 0 Å². The Bertz CT molecular complexity index is 90.8. The predicted octanol–water partition coefficient (Wildman–Crippen LogP) is -0.300. The van der Waals surface area contributed by atoms with Crippen LogP contribution in [0.1, 0.15) is 0 Å². The van der Waals surface area contributed by atoms with Crippen molar-refractivity contribution in [2.45, 2.75) is 0 Å². The van der Waals surface area contributed by atoms with E-state index in [0.717, 1.165) is 6.26 Å². The fourth-order valence-corrected chi connectivity index (χ4v) is 0. The zero-order chi connectivity index (χ0) is 4.50. The van der Waals surface area contributed by atoms with Gasteiger partial charge in [-0.3, -0.25) is 0 Å². The van der Waals surface area contributed by atoms with Crippen LogP contribution in [-0.2, 0) is 9.84 Å². The summed E-state index contributed by atoms with van der Waals surface area (Å²) in [6.07, 6.45) is 5.26. The molecular formula is C2H4O2S. The normalized spacial score (nSPS) is 11.6. The molecule has 0 unspecified atom stereocenters. The number of hydrogen-bond donors (Lipinski definition) is 0. The highest BCUT2D eigenvalue weighted by atomic mass is 32.2. The lowest BCUT2D eigenvalue weighted by molar-refractivity contribution is 0.610. The summed E-state index contributed by atoms with van der Waals surface area (Å²) in [5.41, 5.74) is 0. The van der Waals surface area contributed by atoms with Crippen molar-refractivity contribution in [3.8, 4) is 0 Å². The maximum Gasteiger partial charge on any atom is 0.152 e. The molecule has 0 aliphatic heterocycles. The van der Waals surface area contributed by atoms with E-state index in [1.165, 1.54) is 0 Å². The molecule has 5 heavy (non-hydrogen) atoms. The fourth-order valence-electron chi connectivity index (χ4n) is 0. The summed E-state index contributed by atoms with van der Waals surface area (Å²) in [6, 6.07) is 0. The zero-order valence-electron chi connectivity index (χ0n) is 2.80. The molecule has 0 aliphatic carbocycles. The van der Waals surface area contributed by atoms with E-state index in [1.807, 2.05) is 0 Å². The average Bonchev–Trinajstić information content (AvgIpc) is 0.722. The Kier molecular flexibility index (Phi) is 0.961. The van der Waals surface area contributed by atoms with Crippen LogP contribution in [0.3, 0.4) is 0 Å². The summed E-state index contributed by atoms with van der Waals surface area (Å²) in [4.78, 5) is 0. The van der Waals surface area contributed by atoms with Gasteiger partial charge in [-0.1, -0.05) is 0 Å². The highest BCUT2D eigenvalue weighted by Crippen LogP contribution is 1.67. The molecule has 0 heterocycles.